The lowest BCUT2D eigenvalue weighted by molar-refractivity contribution is -0.138. The molecule has 8 nitrogen and oxygen atoms in total. The van der Waals surface area contributed by atoms with E-state index in [9.17, 15) is 14.4 Å². The highest BCUT2D eigenvalue weighted by atomic mass is 16.6. The van der Waals surface area contributed by atoms with Crippen molar-refractivity contribution in [2.75, 3.05) is 25.0 Å². The summed E-state index contributed by atoms with van der Waals surface area (Å²) in [5.74, 6) is 0.283. The molecular weight excluding hydrogens is 372 g/mol. The number of rotatable bonds is 3. The zero-order chi connectivity index (χ0) is 21.0. The molecule has 2 aliphatic heterocycles. The fourth-order valence-electron chi connectivity index (χ4n) is 3.80. The van der Waals surface area contributed by atoms with Crippen LogP contribution in [0.4, 0.5) is 10.6 Å². The van der Waals surface area contributed by atoms with E-state index >= 15 is 0 Å². The maximum absolute atomic E-state index is 13.0. The lowest BCUT2D eigenvalue weighted by Crippen LogP contribution is -2.51. The number of nitrogens with one attached hydrogen (secondary N) is 1. The van der Waals surface area contributed by atoms with Crippen molar-refractivity contribution >= 4 is 23.7 Å². The maximum Gasteiger partial charge on any atom is 0.410 e. The first-order valence-corrected chi connectivity index (χ1v) is 10.2. The van der Waals surface area contributed by atoms with E-state index in [-0.39, 0.29) is 17.7 Å². The van der Waals surface area contributed by atoms with Crippen molar-refractivity contribution in [3.8, 4) is 0 Å². The summed E-state index contributed by atoms with van der Waals surface area (Å²) in [5.41, 5.74) is -0.591. The van der Waals surface area contributed by atoms with Gasteiger partial charge in [-0.3, -0.25) is 14.5 Å². The first-order valence-electron chi connectivity index (χ1n) is 10.2. The van der Waals surface area contributed by atoms with Crippen LogP contribution in [-0.2, 0) is 14.3 Å². The van der Waals surface area contributed by atoms with E-state index in [1.165, 1.54) is 0 Å². The minimum Gasteiger partial charge on any atom is -0.444 e. The van der Waals surface area contributed by atoms with Crippen LogP contribution in [0.15, 0.2) is 24.4 Å². The predicted molar refractivity (Wildman–Crippen MR) is 108 cm³/mol. The van der Waals surface area contributed by atoms with E-state index in [0.717, 1.165) is 6.42 Å². The summed E-state index contributed by atoms with van der Waals surface area (Å²) in [5, 5.41) is 2.83. The van der Waals surface area contributed by atoms with Gasteiger partial charge in [0.25, 0.3) is 0 Å². The average Bonchev–Trinajstić information content (AvgIpc) is 3.17. The Labute approximate surface area is 171 Å². The van der Waals surface area contributed by atoms with Crippen LogP contribution >= 0.6 is 0 Å². The van der Waals surface area contributed by atoms with Crippen LogP contribution in [0.25, 0.3) is 0 Å². The number of ether oxygens (including phenoxy) is 1. The number of hydrogen-bond acceptors (Lipinski definition) is 5. The first kappa shape index (κ1) is 21.1. The molecule has 2 aliphatic rings. The standard InChI is InChI=1S/C21H30N4O4/c1-21(2,3)29-20(28)25-12-6-7-16(25)19(27)24-13-9-15(10-14-24)18(26)23-17-8-4-5-11-22-17/h4-5,8,11,15-16H,6-7,9-10,12-14H2,1-3H3,(H,22,23,26)/t16-/m0/s1. The van der Waals surface area contributed by atoms with Crippen LogP contribution in [0, 0.1) is 5.92 Å². The third kappa shape index (κ3) is 5.46. The summed E-state index contributed by atoms with van der Waals surface area (Å²) in [4.78, 5) is 45.4. The van der Waals surface area contributed by atoms with E-state index < -0.39 is 17.7 Å². The smallest absolute Gasteiger partial charge is 0.410 e. The van der Waals surface area contributed by atoms with Gasteiger partial charge in [0.05, 0.1) is 0 Å². The zero-order valence-electron chi connectivity index (χ0n) is 17.4. The average molecular weight is 402 g/mol. The van der Waals surface area contributed by atoms with Gasteiger partial charge in [0.2, 0.25) is 11.8 Å². The van der Waals surface area contributed by atoms with Gasteiger partial charge in [0, 0.05) is 31.7 Å². The Bertz CT molecular complexity index is 739. The Morgan fingerprint density at radius 1 is 1.10 bits per heavy atom. The first-order chi connectivity index (χ1) is 13.7. The number of carbonyl (C=O) groups excluding carboxylic acids is 3. The molecule has 29 heavy (non-hydrogen) atoms. The van der Waals surface area contributed by atoms with E-state index in [1.807, 2.05) is 26.8 Å². The minimum atomic E-state index is -0.591. The van der Waals surface area contributed by atoms with Gasteiger partial charge in [-0.1, -0.05) is 6.07 Å². The van der Waals surface area contributed by atoms with Gasteiger partial charge in [-0.15, -0.1) is 0 Å². The molecule has 1 atom stereocenters. The molecule has 0 radical (unpaired) electrons. The van der Waals surface area contributed by atoms with Crippen LogP contribution in [0.3, 0.4) is 0 Å². The number of amides is 3. The highest BCUT2D eigenvalue weighted by molar-refractivity contribution is 5.92. The summed E-state index contributed by atoms with van der Waals surface area (Å²) in [6.07, 6.45) is 3.84. The summed E-state index contributed by atoms with van der Waals surface area (Å²) < 4.78 is 5.45. The van der Waals surface area contributed by atoms with Crippen LogP contribution in [0.5, 0.6) is 0 Å². The van der Waals surface area contributed by atoms with Gasteiger partial charge in [0.1, 0.15) is 17.5 Å². The third-order valence-electron chi connectivity index (χ3n) is 5.26. The number of aromatic nitrogens is 1. The van der Waals surface area contributed by atoms with Crippen molar-refractivity contribution < 1.29 is 19.1 Å². The largest absolute Gasteiger partial charge is 0.444 e. The molecule has 0 bridgehead atoms. The Kier molecular flexibility index (Phi) is 6.39. The molecule has 3 amide bonds. The second-order valence-corrected chi connectivity index (χ2v) is 8.64. The van der Waals surface area contributed by atoms with E-state index in [1.54, 1.807) is 28.1 Å². The second kappa shape index (κ2) is 8.80. The zero-order valence-corrected chi connectivity index (χ0v) is 17.4. The lowest BCUT2D eigenvalue weighted by atomic mass is 9.95. The second-order valence-electron chi connectivity index (χ2n) is 8.64. The molecule has 3 rings (SSSR count). The third-order valence-corrected chi connectivity index (χ3v) is 5.26. The van der Waals surface area contributed by atoms with E-state index in [4.69, 9.17) is 4.74 Å². The quantitative estimate of drug-likeness (QED) is 0.839. The van der Waals surface area contributed by atoms with Gasteiger partial charge < -0.3 is 15.0 Å². The SMILES string of the molecule is CC(C)(C)OC(=O)N1CCC[C@H]1C(=O)N1CCC(C(=O)Nc2ccccn2)CC1. The van der Waals surface area contributed by atoms with Gasteiger partial charge in [0.15, 0.2) is 0 Å². The monoisotopic (exact) mass is 402 g/mol. The number of hydrogen-bond donors (Lipinski definition) is 1. The molecular formula is C21H30N4O4. The van der Waals surface area contributed by atoms with E-state index in [2.05, 4.69) is 10.3 Å². The molecule has 0 spiro atoms. The molecule has 8 heteroatoms. The normalized spacial score (nSPS) is 20.4. The predicted octanol–water partition coefficient (Wildman–Crippen LogP) is 2.66. The van der Waals surface area contributed by atoms with Crippen molar-refractivity contribution in [1.82, 2.24) is 14.8 Å². The Balaban J connectivity index is 1.52. The number of nitrogens with zero attached hydrogens (tertiary/aromatic N) is 3. The molecule has 2 fully saturated rings. The highest BCUT2D eigenvalue weighted by Gasteiger charge is 2.39. The molecule has 3 heterocycles. The number of likely N-dealkylation sites (tertiary alicyclic amines) is 2. The van der Waals surface area contributed by atoms with Crippen LogP contribution in [0.2, 0.25) is 0 Å². The summed E-state index contributed by atoms with van der Waals surface area (Å²) >= 11 is 0. The van der Waals surface area contributed by atoms with Gasteiger partial charge in [-0.25, -0.2) is 9.78 Å². The van der Waals surface area contributed by atoms with Gasteiger partial charge in [-0.2, -0.15) is 0 Å². The molecule has 1 N–H and O–H groups in total. The molecule has 1 aromatic rings. The van der Waals surface area contributed by atoms with Crippen LogP contribution in [0.1, 0.15) is 46.5 Å². The van der Waals surface area contributed by atoms with Gasteiger partial charge >= 0.3 is 6.09 Å². The Hall–Kier alpha value is -2.64. The molecule has 0 aliphatic carbocycles. The van der Waals surface area contributed by atoms with Gasteiger partial charge in [-0.05, 0) is 58.6 Å². The van der Waals surface area contributed by atoms with Crippen molar-refractivity contribution in [2.45, 2.75) is 58.1 Å². The summed E-state index contributed by atoms with van der Waals surface area (Å²) in [6.45, 7) is 7.01. The van der Waals surface area contributed by atoms with Crippen molar-refractivity contribution in [2.24, 2.45) is 5.92 Å². The Morgan fingerprint density at radius 2 is 1.83 bits per heavy atom. The molecule has 0 saturated carbocycles. The highest BCUT2D eigenvalue weighted by Crippen LogP contribution is 2.25. The number of piperidine rings is 1. The molecule has 0 unspecified atom stereocenters. The number of pyridine rings is 1. The lowest BCUT2D eigenvalue weighted by Gasteiger charge is -2.35. The number of carbonyl (C=O) groups is 3. The molecule has 0 aromatic carbocycles. The van der Waals surface area contributed by atoms with Crippen molar-refractivity contribution in [3.63, 3.8) is 0 Å². The molecule has 158 valence electrons. The van der Waals surface area contributed by atoms with Crippen LogP contribution in [-0.4, -0.2) is 64.0 Å². The summed E-state index contributed by atoms with van der Waals surface area (Å²) in [6, 6.07) is 4.90. The van der Waals surface area contributed by atoms with E-state index in [0.29, 0.717) is 44.7 Å². The summed E-state index contributed by atoms with van der Waals surface area (Å²) in [7, 11) is 0. The fraction of sp³-hybridized carbons (Fsp3) is 0.619. The topological polar surface area (TPSA) is 91.8 Å². The minimum absolute atomic E-state index is 0.0445. The number of anilines is 1. The fourth-order valence-corrected chi connectivity index (χ4v) is 3.80. The van der Waals surface area contributed by atoms with Crippen molar-refractivity contribution in [3.05, 3.63) is 24.4 Å². The molecule has 1 aromatic heterocycles. The van der Waals surface area contributed by atoms with Crippen LogP contribution < -0.4 is 5.32 Å². The molecule has 2 saturated heterocycles. The maximum atomic E-state index is 13.0. The Morgan fingerprint density at radius 3 is 2.45 bits per heavy atom. The van der Waals surface area contributed by atoms with Crippen molar-refractivity contribution in [1.29, 1.82) is 0 Å².